The number of imide groups is 1. The monoisotopic (exact) mass is 418 g/mol. The highest BCUT2D eigenvalue weighted by atomic mass is 19.1. The molecule has 3 rings (SSSR count). The van der Waals surface area contributed by atoms with Crippen LogP contribution >= 0.6 is 0 Å². The van der Waals surface area contributed by atoms with Crippen molar-refractivity contribution in [1.82, 2.24) is 5.32 Å². The lowest BCUT2D eigenvalue weighted by atomic mass is 10.1. The number of amides is 2. The molecule has 2 aromatic carbocycles. The van der Waals surface area contributed by atoms with E-state index in [0.29, 0.717) is 5.75 Å². The van der Waals surface area contributed by atoms with Crippen molar-refractivity contribution in [3.05, 3.63) is 64.9 Å². The Kier molecular flexibility index (Phi) is 6.07. The van der Waals surface area contributed by atoms with Gasteiger partial charge in [-0.15, -0.1) is 0 Å². The molecule has 8 nitrogen and oxygen atoms in total. The molecule has 0 radical (unpaired) electrons. The highest BCUT2D eigenvalue weighted by Crippen LogP contribution is 2.28. The number of carbonyl (C=O) groups is 3. The summed E-state index contributed by atoms with van der Waals surface area (Å²) in [5.74, 6) is -3.83. The molecule has 1 aliphatic rings. The molecule has 1 aliphatic heterocycles. The number of esters is 1. The van der Waals surface area contributed by atoms with Crippen molar-refractivity contribution in [1.29, 1.82) is 0 Å². The number of benzene rings is 2. The zero-order valence-corrected chi connectivity index (χ0v) is 15.6. The molecule has 1 saturated heterocycles. The van der Waals surface area contributed by atoms with Crippen molar-refractivity contribution in [3.63, 3.8) is 0 Å². The van der Waals surface area contributed by atoms with Gasteiger partial charge in [0.2, 0.25) is 0 Å². The molecule has 1 unspecified atom stereocenters. The minimum atomic E-state index is -1.02. The Morgan fingerprint density at radius 1 is 1.17 bits per heavy atom. The molecule has 2 amide bonds. The van der Waals surface area contributed by atoms with E-state index in [1.807, 2.05) is 5.32 Å². The summed E-state index contributed by atoms with van der Waals surface area (Å²) < 4.78 is 43.2. The van der Waals surface area contributed by atoms with Crippen LogP contribution in [0.1, 0.15) is 11.1 Å². The summed E-state index contributed by atoms with van der Waals surface area (Å²) in [7, 11) is 1.24. The van der Waals surface area contributed by atoms with Crippen LogP contribution in [0.2, 0.25) is 0 Å². The Hall–Kier alpha value is -3.79. The molecule has 1 atom stereocenters. The average Bonchev–Trinajstić information content (AvgIpc) is 3.02. The molecule has 30 heavy (non-hydrogen) atoms. The van der Waals surface area contributed by atoms with E-state index in [-0.39, 0.29) is 12.2 Å². The predicted octanol–water partition coefficient (Wildman–Crippen LogP) is 2.41. The third-order valence-corrected chi connectivity index (χ3v) is 4.09. The zero-order valence-electron chi connectivity index (χ0n) is 15.6. The fourth-order valence-electron chi connectivity index (χ4n) is 2.63. The summed E-state index contributed by atoms with van der Waals surface area (Å²) in [5.41, 5.74) is 5.88. The smallest absolute Gasteiger partial charge is 0.419 e. The molecule has 3 N–H and O–H groups in total. The third-order valence-electron chi connectivity index (χ3n) is 4.09. The molecular weight excluding hydrogens is 402 g/mol. The number of halogens is 2. The maximum Gasteiger partial charge on any atom is 0.419 e. The quantitative estimate of drug-likeness (QED) is 0.547. The standard InChI is InChI=1S/C20H16F2N2O6/c1-28-19(26)16(23)6-10-2-4-11(5-3-10)29-12-7-14(21)13(15(22)8-12)9-17-18(25)24-20(27)30-17/h2-5,7-9,16H,6,23H2,1H3,(H,24,25,27)/b17-9-. The van der Waals surface area contributed by atoms with Crippen molar-refractivity contribution in [2.45, 2.75) is 12.5 Å². The highest BCUT2D eigenvalue weighted by molar-refractivity contribution is 6.09. The van der Waals surface area contributed by atoms with Crippen molar-refractivity contribution in [3.8, 4) is 11.5 Å². The second-order valence-electron chi connectivity index (χ2n) is 6.23. The van der Waals surface area contributed by atoms with Crippen molar-refractivity contribution >= 4 is 24.0 Å². The van der Waals surface area contributed by atoms with E-state index in [1.165, 1.54) is 7.11 Å². The van der Waals surface area contributed by atoms with E-state index in [4.69, 9.17) is 10.5 Å². The van der Waals surface area contributed by atoms with E-state index in [2.05, 4.69) is 9.47 Å². The van der Waals surface area contributed by atoms with E-state index < -0.39 is 47.0 Å². The number of nitrogens with one attached hydrogen (secondary N) is 1. The van der Waals surface area contributed by atoms with Crippen LogP contribution in [0.25, 0.3) is 6.08 Å². The van der Waals surface area contributed by atoms with Crippen molar-refractivity contribution in [2.75, 3.05) is 7.11 Å². The van der Waals surface area contributed by atoms with Crippen molar-refractivity contribution in [2.24, 2.45) is 5.73 Å². The molecule has 0 saturated carbocycles. The fourth-order valence-corrected chi connectivity index (χ4v) is 2.63. The normalized spacial score (nSPS) is 15.5. The number of rotatable bonds is 6. The Balaban J connectivity index is 1.73. The number of cyclic esters (lactones) is 1. The van der Waals surface area contributed by atoms with Gasteiger partial charge < -0.3 is 19.9 Å². The molecule has 0 aromatic heterocycles. The van der Waals surface area contributed by atoms with Crippen LogP contribution in [-0.4, -0.2) is 31.1 Å². The molecule has 0 spiro atoms. The largest absolute Gasteiger partial charge is 0.468 e. The number of nitrogens with two attached hydrogens (primary N) is 1. The molecule has 10 heteroatoms. The van der Waals surface area contributed by atoms with Gasteiger partial charge in [-0.25, -0.2) is 13.6 Å². The first-order valence-corrected chi connectivity index (χ1v) is 8.61. The lowest BCUT2D eigenvalue weighted by molar-refractivity contribution is -0.142. The summed E-state index contributed by atoms with van der Waals surface area (Å²) in [4.78, 5) is 33.8. The number of ether oxygens (including phenoxy) is 3. The van der Waals surface area contributed by atoms with Gasteiger partial charge in [0.15, 0.2) is 5.76 Å². The third kappa shape index (κ3) is 4.78. The van der Waals surface area contributed by atoms with E-state index in [0.717, 1.165) is 23.8 Å². The van der Waals surface area contributed by atoms with E-state index >= 15 is 0 Å². The van der Waals surface area contributed by atoms with Gasteiger partial charge in [0.25, 0.3) is 5.91 Å². The van der Waals surface area contributed by atoms with Crippen LogP contribution < -0.4 is 15.8 Å². The summed E-state index contributed by atoms with van der Waals surface area (Å²) in [5, 5.41) is 1.82. The summed E-state index contributed by atoms with van der Waals surface area (Å²) in [6.07, 6.45) is 0.00849. The van der Waals surface area contributed by atoms with E-state index in [1.54, 1.807) is 24.3 Å². The average molecular weight is 418 g/mol. The Labute approximate surface area is 169 Å². The Morgan fingerprint density at radius 3 is 2.33 bits per heavy atom. The minimum absolute atomic E-state index is 0.126. The number of alkyl carbamates (subject to hydrolysis) is 1. The van der Waals surface area contributed by atoms with Crippen LogP contribution in [0.3, 0.4) is 0 Å². The SMILES string of the molecule is COC(=O)C(N)Cc1ccc(Oc2cc(F)c(/C=C3\OC(=O)NC3=O)c(F)c2)cc1. The van der Waals surface area contributed by atoms with Gasteiger partial charge in [-0.1, -0.05) is 12.1 Å². The van der Waals surface area contributed by atoms with Crippen LogP contribution in [0.15, 0.2) is 42.2 Å². The van der Waals surface area contributed by atoms with Gasteiger partial charge >= 0.3 is 12.1 Å². The number of hydrogen-bond donors (Lipinski definition) is 2. The fraction of sp³-hybridized carbons (Fsp3) is 0.150. The molecule has 1 heterocycles. The second-order valence-corrected chi connectivity index (χ2v) is 6.23. The highest BCUT2D eigenvalue weighted by Gasteiger charge is 2.27. The van der Waals surface area contributed by atoms with Gasteiger partial charge in [0.1, 0.15) is 29.2 Å². The van der Waals surface area contributed by atoms with Gasteiger partial charge in [0, 0.05) is 12.1 Å². The number of hydrogen-bond acceptors (Lipinski definition) is 7. The lowest BCUT2D eigenvalue weighted by Crippen LogP contribution is -2.33. The summed E-state index contributed by atoms with van der Waals surface area (Å²) in [6, 6.07) is 7.43. The van der Waals surface area contributed by atoms with Gasteiger partial charge in [-0.2, -0.15) is 0 Å². The second kappa shape index (κ2) is 8.70. The molecule has 156 valence electrons. The maximum absolute atomic E-state index is 14.3. The molecule has 2 aromatic rings. The van der Waals surface area contributed by atoms with Gasteiger partial charge in [0.05, 0.1) is 12.7 Å². The Bertz CT molecular complexity index is 1010. The van der Waals surface area contributed by atoms with E-state index in [9.17, 15) is 23.2 Å². The number of methoxy groups -OCH3 is 1. The molecule has 1 fully saturated rings. The van der Waals surface area contributed by atoms with Crippen LogP contribution in [-0.2, 0) is 25.5 Å². The summed E-state index contributed by atoms with van der Waals surface area (Å²) >= 11 is 0. The first kappa shape index (κ1) is 20.9. The lowest BCUT2D eigenvalue weighted by Gasteiger charge is -2.11. The molecule has 0 bridgehead atoms. The molecular formula is C20H16F2N2O6. The van der Waals surface area contributed by atoms with Gasteiger partial charge in [-0.3, -0.25) is 14.9 Å². The predicted molar refractivity (Wildman–Crippen MR) is 99.2 cm³/mol. The summed E-state index contributed by atoms with van der Waals surface area (Å²) in [6.45, 7) is 0. The van der Waals surface area contributed by atoms with Crippen LogP contribution in [0.4, 0.5) is 13.6 Å². The van der Waals surface area contributed by atoms with Crippen LogP contribution in [0.5, 0.6) is 11.5 Å². The van der Waals surface area contributed by atoms with Gasteiger partial charge in [-0.05, 0) is 30.2 Å². The maximum atomic E-state index is 14.3. The number of carbonyl (C=O) groups excluding carboxylic acids is 3. The first-order valence-electron chi connectivity index (χ1n) is 8.61. The van der Waals surface area contributed by atoms with Crippen molar-refractivity contribution < 1.29 is 37.4 Å². The topological polar surface area (TPSA) is 117 Å². The molecule has 0 aliphatic carbocycles. The first-order chi connectivity index (χ1) is 14.3. The zero-order chi connectivity index (χ0) is 21.8. The Morgan fingerprint density at radius 2 is 1.80 bits per heavy atom. The minimum Gasteiger partial charge on any atom is -0.468 e. The van der Waals surface area contributed by atoms with Crippen LogP contribution in [0, 0.1) is 11.6 Å².